The van der Waals surface area contributed by atoms with E-state index in [1.807, 2.05) is 68.4 Å². The van der Waals surface area contributed by atoms with E-state index in [1.165, 1.54) is 0 Å². The van der Waals surface area contributed by atoms with Gasteiger partial charge in [0.25, 0.3) is 5.56 Å². The van der Waals surface area contributed by atoms with E-state index >= 15 is 0 Å². The Hall–Kier alpha value is -5.25. The molecule has 0 aliphatic carbocycles. The van der Waals surface area contributed by atoms with Gasteiger partial charge in [0.2, 0.25) is 5.95 Å². The first-order valence-corrected chi connectivity index (χ1v) is 12.0. The largest absolute Gasteiger partial charge is 0.368 e. The Morgan fingerprint density at radius 3 is 2.42 bits per heavy atom. The maximum Gasteiger partial charge on any atom is 0.266 e. The molecule has 0 bridgehead atoms. The van der Waals surface area contributed by atoms with Gasteiger partial charge in [0.15, 0.2) is 5.82 Å². The van der Waals surface area contributed by atoms with Gasteiger partial charge in [0.1, 0.15) is 17.2 Å². The molecule has 6 aromatic rings. The van der Waals surface area contributed by atoms with Crippen LogP contribution in [0.1, 0.15) is 24.6 Å². The molecule has 4 aromatic heterocycles. The molecular formula is C28H23N9O. The van der Waals surface area contributed by atoms with Gasteiger partial charge in [-0.1, -0.05) is 30.3 Å². The lowest BCUT2D eigenvalue weighted by Crippen LogP contribution is -2.28. The predicted octanol–water partition coefficient (Wildman–Crippen LogP) is 4.24. The molecule has 10 heteroatoms. The highest BCUT2D eigenvalue weighted by Gasteiger charge is 2.21. The van der Waals surface area contributed by atoms with Crippen molar-refractivity contribution >= 4 is 33.7 Å². The van der Waals surface area contributed by atoms with Crippen LogP contribution in [-0.4, -0.2) is 34.5 Å². The maximum atomic E-state index is 14.2. The fourth-order valence-electron chi connectivity index (χ4n) is 4.49. The summed E-state index contributed by atoms with van der Waals surface area (Å²) in [6.45, 7) is 3.74. The van der Waals surface area contributed by atoms with Gasteiger partial charge >= 0.3 is 0 Å². The number of nitrogens with two attached hydrogens (primary N) is 1. The zero-order chi connectivity index (χ0) is 26.2. The van der Waals surface area contributed by atoms with Crippen molar-refractivity contribution in [1.29, 1.82) is 0 Å². The van der Waals surface area contributed by atoms with Crippen molar-refractivity contribution in [3.05, 3.63) is 101 Å². The summed E-state index contributed by atoms with van der Waals surface area (Å²) >= 11 is 0. The van der Waals surface area contributed by atoms with Gasteiger partial charge in [-0.05, 0) is 49.7 Å². The molecule has 1 unspecified atom stereocenters. The number of para-hydroxylation sites is 1. The number of aryl methyl sites for hydroxylation is 1. The molecule has 0 radical (unpaired) electrons. The molecule has 0 fully saturated rings. The fourth-order valence-corrected chi connectivity index (χ4v) is 4.49. The topological polar surface area (TPSA) is 137 Å². The van der Waals surface area contributed by atoms with Crippen molar-refractivity contribution in [2.75, 3.05) is 11.1 Å². The number of pyridine rings is 1. The van der Waals surface area contributed by atoms with E-state index in [9.17, 15) is 4.79 Å². The summed E-state index contributed by atoms with van der Waals surface area (Å²) in [4.78, 5) is 40.9. The smallest absolute Gasteiger partial charge is 0.266 e. The summed E-state index contributed by atoms with van der Waals surface area (Å²) in [5.41, 5.74) is 9.67. The second-order valence-corrected chi connectivity index (χ2v) is 8.83. The van der Waals surface area contributed by atoms with E-state index in [1.54, 1.807) is 29.2 Å². The number of benzene rings is 2. The van der Waals surface area contributed by atoms with Gasteiger partial charge in [-0.15, -0.1) is 0 Å². The Balaban J connectivity index is 1.57. The number of rotatable bonds is 5. The van der Waals surface area contributed by atoms with E-state index in [4.69, 9.17) is 10.7 Å². The van der Waals surface area contributed by atoms with Crippen molar-refractivity contribution in [2.24, 2.45) is 0 Å². The lowest BCUT2D eigenvalue weighted by Gasteiger charge is -2.21. The summed E-state index contributed by atoms with van der Waals surface area (Å²) in [5, 5.41) is 3.85. The molecular weight excluding hydrogens is 478 g/mol. The number of anilines is 2. The zero-order valence-corrected chi connectivity index (χ0v) is 20.7. The lowest BCUT2D eigenvalue weighted by molar-refractivity contribution is 0.732. The van der Waals surface area contributed by atoms with Crippen LogP contribution in [0.4, 0.5) is 11.8 Å². The first-order valence-electron chi connectivity index (χ1n) is 12.0. The Morgan fingerprint density at radius 2 is 1.63 bits per heavy atom. The molecule has 0 amide bonds. The average molecular weight is 502 g/mol. The van der Waals surface area contributed by atoms with Gasteiger partial charge in [0, 0.05) is 24.2 Å². The summed E-state index contributed by atoms with van der Waals surface area (Å²) in [6.07, 6.45) is 5.11. The minimum absolute atomic E-state index is 0.122. The first-order chi connectivity index (χ1) is 18.5. The molecule has 0 saturated heterocycles. The molecule has 4 heterocycles. The number of nitrogens with zero attached hydrogens (tertiary/aromatic N) is 7. The van der Waals surface area contributed by atoms with E-state index in [-0.39, 0.29) is 11.5 Å². The van der Waals surface area contributed by atoms with Gasteiger partial charge < -0.3 is 11.1 Å². The Labute approximate surface area is 217 Å². The van der Waals surface area contributed by atoms with E-state index in [0.717, 1.165) is 11.1 Å². The van der Waals surface area contributed by atoms with Crippen molar-refractivity contribution in [1.82, 2.24) is 34.5 Å². The SMILES string of the molecule is Cc1ncc(-c2cccc3nc(C(C)Nc4nc(N)nc5cccnc45)n(-c4ccccc4)c(=O)c23)cn1. The van der Waals surface area contributed by atoms with Crippen LogP contribution in [0.25, 0.3) is 38.8 Å². The van der Waals surface area contributed by atoms with Crippen LogP contribution in [-0.2, 0) is 0 Å². The third-order valence-electron chi connectivity index (χ3n) is 6.24. The monoisotopic (exact) mass is 501 g/mol. The molecule has 6 rings (SSSR count). The summed E-state index contributed by atoms with van der Waals surface area (Å²) in [7, 11) is 0. The minimum Gasteiger partial charge on any atom is -0.368 e. The highest BCUT2D eigenvalue weighted by molar-refractivity contribution is 5.94. The fraction of sp³-hybridized carbons (Fsp3) is 0.107. The van der Waals surface area contributed by atoms with Crippen LogP contribution < -0.4 is 16.6 Å². The zero-order valence-electron chi connectivity index (χ0n) is 20.7. The standard InChI is InChI=1S/C28H23N9O/c1-16(33-25-24-22(12-7-13-30-24)35-28(29)36-25)26-34-21-11-6-10-20(18-14-31-17(2)32-15-18)23(21)27(38)37(26)19-8-4-3-5-9-19/h3-16H,1-2H3,(H3,29,33,35,36). The Kier molecular flexibility index (Phi) is 5.68. The number of hydrogen-bond donors (Lipinski definition) is 2. The van der Waals surface area contributed by atoms with Crippen molar-refractivity contribution in [2.45, 2.75) is 19.9 Å². The molecule has 38 heavy (non-hydrogen) atoms. The predicted molar refractivity (Wildman–Crippen MR) is 147 cm³/mol. The molecule has 0 saturated carbocycles. The highest BCUT2D eigenvalue weighted by Crippen LogP contribution is 2.28. The third kappa shape index (κ3) is 4.07. The molecule has 3 N–H and O–H groups in total. The minimum atomic E-state index is -0.446. The lowest BCUT2D eigenvalue weighted by atomic mass is 10.0. The number of hydrogen-bond acceptors (Lipinski definition) is 9. The van der Waals surface area contributed by atoms with Gasteiger partial charge in [0.05, 0.1) is 28.1 Å². The van der Waals surface area contributed by atoms with Crippen LogP contribution >= 0.6 is 0 Å². The summed E-state index contributed by atoms with van der Waals surface area (Å²) in [5.74, 6) is 1.74. The van der Waals surface area contributed by atoms with Crippen molar-refractivity contribution in [3.63, 3.8) is 0 Å². The maximum absolute atomic E-state index is 14.2. The number of nitrogen functional groups attached to an aromatic ring is 1. The molecule has 0 aliphatic rings. The first kappa shape index (κ1) is 23.2. The molecule has 10 nitrogen and oxygen atoms in total. The molecule has 1 atom stereocenters. The summed E-state index contributed by atoms with van der Waals surface area (Å²) < 4.78 is 1.62. The molecule has 186 valence electrons. The van der Waals surface area contributed by atoms with Crippen LogP contribution in [0.2, 0.25) is 0 Å². The normalized spacial score (nSPS) is 12.1. The van der Waals surface area contributed by atoms with Crippen LogP contribution in [0.3, 0.4) is 0 Å². The van der Waals surface area contributed by atoms with Gasteiger partial charge in [-0.3, -0.25) is 14.3 Å². The number of nitrogens with one attached hydrogen (secondary N) is 1. The summed E-state index contributed by atoms with van der Waals surface area (Å²) in [6, 6.07) is 18.2. The third-order valence-corrected chi connectivity index (χ3v) is 6.24. The van der Waals surface area contributed by atoms with E-state index in [0.29, 0.717) is 45.1 Å². The van der Waals surface area contributed by atoms with Crippen LogP contribution in [0.5, 0.6) is 0 Å². The van der Waals surface area contributed by atoms with Crippen molar-refractivity contribution in [3.8, 4) is 16.8 Å². The second-order valence-electron chi connectivity index (χ2n) is 8.83. The second kappa shape index (κ2) is 9.32. The Morgan fingerprint density at radius 1 is 0.868 bits per heavy atom. The van der Waals surface area contributed by atoms with Gasteiger partial charge in [-0.25, -0.2) is 19.9 Å². The average Bonchev–Trinajstić information content (AvgIpc) is 2.93. The van der Waals surface area contributed by atoms with E-state index < -0.39 is 6.04 Å². The molecule has 0 spiro atoms. The van der Waals surface area contributed by atoms with Crippen LogP contribution in [0.15, 0.2) is 84.0 Å². The van der Waals surface area contributed by atoms with Crippen molar-refractivity contribution < 1.29 is 0 Å². The highest BCUT2D eigenvalue weighted by atomic mass is 16.1. The van der Waals surface area contributed by atoms with E-state index in [2.05, 4.69) is 30.2 Å². The molecule has 0 aliphatic heterocycles. The molecule has 2 aromatic carbocycles. The quantitative estimate of drug-likeness (QED) is 0.355. The Bertz CT molecular complexity index is 1850. The number of aromatic nitrogens is 7. The number of fused-ring (bicyclic) bond motifs is 2. The van der Waals surface area contributed by atoms with Crippen LogP contribution in [0, 0.1) is 6.92 Å². The van der Waals surface area contributed by atoms with Gasteiger partial charge in [-0.2, -0.15) is 4.98 Å².